The molecule has 0 saturated heterocycles. The molecule has 0 amide bonds. The van der Waals surface area contributed by atoms with Gasteiger partial charge < -0.3 is 5.32 Å². The molecule has 0 fully saturated rings. The number of nitrogens with one attached hydrogen (secondary N) is 1. The minimum absolute atomic E-state index is 0.0516. The van der Waals surface area contributed by atoms with Crippen LogP contribution in [0.3, 0.4) is 0 Å². The number of nitrogens with zero attached hydrogens (tertiary/aromatic N) is 2. The van der Waals surface area contributed by atoms with Gasteiger partial charge in [-0.25, -0.2) is 0 Å². The van der Waals surface area contributed by atoms with E-state index in [2.05, 4.69) is 15.3 Å². The first kappa shape index (κ1) is 13.0. The summed E-state index contributed by atoms with van der Waals surface area (Å²) in [7, 11) is 0. The molecule has 0 aliphatic rings. The summed E-state index contributed by atoms with van der Waals surface area (Å²) in [4.78, 5) is 19.9. The van der Waals surface area contributed by atoms with Crippen molar-refractivity contribution in [3.05, 3.63) is 72.0 Å². The van der Waals surface area contributed by atoms with Crippen molar-refractivity contribution in [3.8, 4) is 0 Å². The molecule has 1 N–H and O–H groups in total. The highest BCUT2D eigenvalue weighted by atomic mass is 16.1. The lowest BCUT2D eigenvalue weighted by Gasteiger charge is -2.06. The molecule has 0 unspecified atom stereocenters. The predicted octanol–water partition coefficient (Wildman–Crippen LogP) is 2.35. The zero-order chi connectivity index (χ0) is 13.5. The van der Waals surface area contributed by atoms with E-state index in [0.717, 1.165) is 11.3 Å². The van der Waals surface area contributed by atoms with Crippen molar-refractivity contribution >= 4 is 5.78 Å². The number of aromatic nitrogens is 2. The van der Waals surface area contributed by atoms with Gasteiger partial charge in [-0.05, 0) is 30.7 Å². The van der Waals surface area contributed by atoms with Gasteiger partial charge in [0.15, 0.2) is 5.78 Å². The van der Waals surface area contributed by atoms with Gasteiger partial charge >= 0.3 is 0 Å². The van der Waals surface area contributed by atoms with Crippen LogP contribution in [0.4, 0.5) is 0 Å². The Morgan fingerprint density at radius 1 is 1.21 bits per heavy atom. The Hall–Kier alpha value is -2.49. The average Bonchev–Trinajstić information content (AvgIpc) is 2.47. The lowest BCUT2D eigenvalue weighted by Crippen LogP contribution is -2.12. The minimum atomic E-state index is -0.0516. The summed E-state index contributed by atoms with van der Waals surface area (Å²) in [6.07, 6.45) is 8.32. The summed E-state index contributed by atoms with van der Waals surface area (Å²) in [5, 5.41) is 3.18. The van der Waals surface area contributed by atoms with Crippen LogP contribution < -0.4 is 5.32 Å². The summed E-state index contributed by atoms with van der Waals surface area (Å²) in [5.74, 6) is -0.0516. The Balaban J connectivity index is 1.94. The fourth-order valence-electron chi connectivity index (χ4n) is 1.58. The Bertz CT molecular complexity index is 564. The van der Waals surface area contributed by atoms with E-state index < -0.39 is 0 Å². The van der Waals surface area contributed by atoms with E-state index in [0.29, 0.717) is 12.1 Å². The Morgan fingerprint density at radius 3 is 2.58 bits per heavy atom. The molecule has 2 rings (SSSR count). The first-order valence-electron chi connectivity index (χ1n) is 6.01. The van der Waals surface area contributed by atoms with Gasteiger partial charge in [-0.2, -0.15) is 0 Å². The minimum Gasteiger partial charge on any atom is -0.384 e. The monoisotopic (exact) mass is 253 g/mol. The van der Waals surface area contributed by atoms with E-state index in [-0.39, 0.29) is 5.78 Å². The Labute approximate surface area is 112 Å². The third kappa shape index (κ3) is 4.03. The number of allylic oxidation sites excluding steroid dienone is 2. The van der Waals surface area contributed by atoms with E-state index in [1.807, 2.05) is 19.1 Å². The van der Waals surface area contributed by atoms with Crippen LogP contribution >= 0.6 is 0 Å². The molecule has 4 heteroatoms. The number of pyridine rings is 2. The van der Waals surface area contributed by atoms with Gasteiger partial charge in [-0.15, -0.1) is 0 Å². The fourth-order valence-corrected chi connectivity index (χ4v) is 1.58. The Kier molecular flexibility index (Phi) is 4.39. The van der Waals surface area contributed by atoms with Gasteiger partial charge in [0.05, 0.1) is 0 Å². The molecule has 2 aromatic rings. The molecule has 0 aliphatic carbocycles. The third-order valence-electron chi connectivity index (χ3n) is 2.59. The maximum Gasteiger partial charge on any atom is 0.189 e. The van der Waals surface area contributed by atoms with Gasteiger partial charge in [0.1, 0.15) is 0 Å². The normalized spacial score (nSPS) is 11.1. The molecule has 0 bridgehead atoms. The van der Waals surface area contributed by atoms with Crippen LogP contribution in [-0.2, 0) is 6.54 Å². The highest BCUT2D eigenvalue weighted by Crippen LogP contribution is 2.02. The van der Waals surface area contributed by atoms with E-state index in [1.54, 1.807) is 43.0 Å². The lowest BCUT2D eigenvalue weighted by atomic mass is 10.1. The molecule has 0 atom stereocenters. The second-order valence-corrected chi connectivity index (χ2v) is 4.15. The van der Waals surface area contributed by atoms with Crippen LogP contribution in [0, 0.1) is 0 Å². The van der Waals surface area contributed by atoms with Gasteiger partial charge in [-0.3, -0.25) is 14.8 Å². The van der Waals surface area contributed by atoms with Crippen LogP contribution in [-0.4, -0.2) is 15.8 Å². The molecule has 0 aromatic carbocycles. The van der Waals surface area contributed by atoms with Crippen molar-refractivity contribution in [2.75, 3.05) is 0 Å². The van der Waals surface area contributed by atoms with Gasteiger partial charge in [0.2, 0.25) is 0 Å². The second-order valence-electron chi connectivity index (χ2n) is 4.15. The summed E-state index contributed by atoms with van der Waals surface area (Å²) in [6.45, 7) is 2.52. The molecule has 0 spiro atoms. The predicted molar refractivity (Wildman–Crippen MR) is 73.4 cm³/mol. The highest BCUT2D eigenvalue weighted by molar-refractivity contribution is 6.04. The first-order valence-corrected chi connectivity index (χ1v) is 6.01. The number of hydrogen-bond donors (Lipinski definition) is 1. The zero-order valence-electron chi connectivity index (χ0n) is 10.7. The van der Waals surface area contributed by atoms with E-state index in [9.17, 15) is 4.79 Å². The SMILES string of the molecule is C/C(=C\C(=O)c1cccnc1)NCc1cccnc1. The van der Waals surface area contributed by atoms with Crippen molar-refractivity contribution in [2.45, 2.75) is 13.5 Å². The molecule has 0 radical (unpaired) electrons. The molecule has 4 nitrogen and oxygen atoms in total. The highest BCUT2D eigenvalue weighted by Gasteiger charge is 2.02. The van der Waals surface area contributed by atoms with E-state index >= 15 is 0 Å². The van der Waals surface area contributed by atoms with Gasteiger partial charge in [-0.1, -0.05) is 6.07 Å². The lowest BCUT2D eigenvalue weighted by molar-refractivity contribution is 0.104. The van der Waals surface area contributed by atoms with E-state index in [4.69, 9.17) is 0 Å². The molecule has 96 valence electrons. The Morgan fingerprint density at radius 2 is 1.95 bits per heavy atom. The summed E-state index contributed by atoms with van der Waals surface area (Å²) in [5.41, 5.74) is 2.48. The molecule has 2 aromatic heterocycles. The molecule has 2 heterocycles. The number of carbonyl (C=O) groups is 1. The number of carbonyl (C=O) groups excluding carboxylic acids is 1. The molecular formula is C15H15N3O. The topological polar surface area (TPSA) is 54.9 Å². The van der Waals surface area contributed by atoms with Gasteiger partial charge in [0.25, 0.3) is 0 Å². The van der Waals surface area contributed by atoms with Crippen molar-refractivity contribution < 1.29 is 4.79 Å². The molecular weight excluding hydrogens is 238 g/mol. The number of rotatable bonds is 5. The zero-order valence-corrected chi connectivity index (χ0v) is 10.7. The molecule has 19 heavy (non-hydrogen) atoms. The van der Waals surface area contributed by atoms with Crippen molar-refractivity contribution in [2.24, 2.45) is 0 Å². The maximum atomic E-state index is 11.9. The van der Waals surface area contributed by atoms with Crippen molar-refractivity contribution in [1.82, 2.24) is 15.3 Å². The van der Waals surface area contributed by atoms with Crippen LogP contribution in [0.15, 0.2) is 60.8 Å². The first-order chi connectivity index (χ1) is 9.25. The summed E-state index contributed by atoms with van der Waals surface area (Å²) < 4.78 is 0. The average molecular weight is 253 g/mol. The van der Waals surface area contributed by atoms with Crippen molar-refractivity contribution in [1.29, 1.82) is 0 Å². The fraction of sp³-hybridized carbons (Fsp3) is 0.133. The van der Waals surface area contributed by atoms with Crippen molar-refractivity contribution in [3.63, 3.8) is 0 Å². The van der Waals surface area contributed by atoms with Crippen LogP contribution in [0.2, 0.25) is 0 Å². The molecule has 0 saturated carbocycles. The number of hydrogen-bond acceptors (Lipinski definition) is 4. The molecule has 0 aliphatic heterocycles. The maximum absolute atomic E-state index is 11.9. The summed E-state index contributed by atoms with van der Waals surface area (Å²) in [6, 6.07) is 7.37. The summed E-state index contributed by atoms with van der Waals surface area (Å²) >= 11 is 0. The smallest absolute Gasteiger partial charge is 0.189 e. The van der Waals surface area contributed by atoms with Gasteiger partial charge in [0, 0.05) is 48.7 Å². The van der Waals surface area contributed by atoms with E-state index in [1.165, 1.54) is 0 Å². The van der Waals surface area contributed by atoms with Crippen LogP contribution in [0.1, 0.15) is 22.8 Å². The standard InChI is InChI=1S/C15H15N3O/c1-12(18-10-13-4-2-6-16-9-13)8-15(19)14-5-3-7-17-11-14/h2-9,11,18H,10H2,1H3/b12-8+. The largest absolute Gasteiger partial charge is 0.384 e. The quantitative estimate of drug-likeness (QED) is 0.656. The second kappa shape index (κ2) is 6.44. The number of ketones is 1. The third-order valence-corrected chi connectivity index (χ3v) is 2.59. The van der Waals surface area contributed by atoms with Crippen LogP contribution in [0.5, 0.6) is 0 Å². The van der Waals surface area contributed by atoms with Crippen LogP contribution in [0.25, 0.3) is 0 Å².